The van der Waals surface area contributed by atoms with Crippen LogP contribution in [0.5, 0.6) is 5.75 Å². The molecular weight excluding hydrogens is 254 g/mol. The Morgan fingerprint density at radius 1 is 1.45 bits per heavy atom. The third-order valence-corrected chi connectivity index (χ3v) is 3.51. The second-order valence-electron chi connectivity index (χ2n) is 5.39. The fourth-order valence-electron chi connectivity index (χ4n) is 2.19. The van der Waals surface area contributed by atoms with E-state index in [4.69, 9.17) is 15.7 Å². The van der Waals surface area contributed by atoms with Crippen molar-refractivity contribution in [3.05, 3.63) is 29.8 Å². The van der Waals surface area contributed by atoms with E-state index in [-0.39, 0.29) is 5.84 Å². The molecule has 0 radical (unpaired) electrons. The second-order valence-corrected chi connectivity index (χ2v) is 5.39. The third kappa shape index (κ3) is 4.74. The number of rotatable bonds is 8. The molecule has 2 rings (SSSR count). The first-order chi connectivity index (χ1) is 9.69. The van der Waals surface area contributed by atoms with E-state index in [1.165, 1.54) is 19.3 Å². The standard InChI is InChI=1S/C15H23N3O2/c1-11(10-12-2-3-12)17-8-9-20-14-6-4-13(5-7-14)15(16)18-19/h4-7,11-12,17,19H,2-3,8-10H2,1H3,(H2,16,18). The van der Waals surface area contributed by atoms with Gasteiger partial charge in [-0.05, 0) is 43.5 Å². The molecule has 0 bridgehead atoms. The number of nitrogens with one attached hydrogen (secondary N) is 1. The van der Waals surface area contributed by atoms with Gasteiger partial charge in [-0.15, -0.1) is 0 Å². The molecule has 0 amide bonds. The van der Waals surface area contributed by atoms with E-state index in [2.05, 4.69) is 17.4 Å². The monoisotopic (exact) mass is 277 g/mol. The van der Waals surface area contributed by atoms with Gasteiger partial charge in [0.15, 0.2) is 5.84 Å². The Hall–Kier alpha value is -1.75. The zero-order valence-electron chi connectivity index (χ0n) is 11.9. The molecule has 0 aromatic heterocycles. The van der Waals surface area contributed by atoms with Gasteiger partial charge in [0, 0.05) is 18.2 Å². The SMILES string of the molecule is CC(CC1CC1)NCCOc1ccc(C(N)=NO)cc1. The average Bonchev–Trinajstić information content (AvgIpc) is 3.27. The smallest absolute Gasteiger partial charge is 0.170 e. The third-order valence-electron chi connectivity index (χ3n) is 3.51. The molecule has 0 heterocycles. The van der Waals surface area contributed by atoms with Crippen LogP contribution in [-0.4, -0.2) is 30.2 Å². The summed E-state index contributed by atoms with van der Waals surface area (Å²) in [7, 11) is 0. The molecular formula is C15H23N3O2. The van der Waals surface area contributed by atoms with Crippen molar-refractivity contribution in [2.24, 2.45) is 16.8 Å². The normalized spacial score (nSPS) is 16.9. The Bertz CT molecular complexity index is 441. The van der Waals surface area contributed by atoms with Gasteiger partial charge in [-0.3, -0.25) is 0 Å². The van der Waals surface area contributed by atoms with Gasteiger partial charge in [0.1, 0.15) is 12.4 Å². The predicted octanol–water partition coefficient (Wildman–Crippen LogP) is 1.94. The lowest BCUT2D eigenvalue weighted by Gasteiger charge is -2.13. The van der Waals surface area contributed by atoms with Crippen LogP contribution in [0.1, 0.15) is 31.7 Å². The Kier molecular flexibility index (Phi) is 5.24. The first-order valence-corrected chi connectivity index (χ1v) is 7.13. The lowest BCUT2D eigenvalue weighted by molar-refractivity contribution is 0.303. The number of nitrogens with two attached hydrogens (primary N) is 1. The fraction of sp³-hybridized carbons (Fsp3) is 0.533. The number of benzene rings is 1. The molecule has 0 saturated heterocycles. The van der Waals surface area contributed by atoms with Gasteiger partial charge < -0.3 is 21.0 Å². The van der Waals surface area contributed by atoms with Crippen molar-refractivity contribution >= 4 is 5.84 Å². The summed E-state index contributed by atoms with van der Waals surface area (Å²) in [5, 5.41) is 15.0. The van der Waals surface area contributed by atoms with Crippen molar-refractivity contribution in [1.82, 2.24) is 5.32 Å². The predicted molar refractivity (Wildman–Crippen MR) is 79.3 cm³/mol. The summed E-state index contributed by atoms with van der Waals surface area (Å²) in [4.78, 5) is 0. The molecule has 1 atom stereocenters. The summed E-state index contributed by atoms with van der Waals surface area (Å²) in [6.07, 6.45) is 4.07. The van der Waals surface area contributed by atoms with Gasteiger partial charge in [0.05, 0.1) is 0 Å². The van der Waals surface area contributed by atoms with Crippen LogP contribution in [-0.2, 0) is 0 Å². The Morgan fingerprint density at radius 2 is 2.15 bits per heavy atom. The summed E-state index contributed by atoms with van der Waals surface area (Å²) in [6, 6.07) is 7.75. The van der Waals surface area contributed by atoms with Crippen molar-refractivity contribution in [3.63, 3.8) is 0 Å². The van der Waals surface area contributed by atoms with Crippen LogP contribution < -0.4 is 15.8 Å². The zero-order valence-corrected chi connectivity index (χ0v) is 11.9. The number of hydrogen-bond acceptors (Lipinski definition) is 4. The minimum Gasteiger partial charge on any atom is -0.492 e. The maximum Gasteiger partial charge on any atom is 0.170 e. The molecule has 1 aliphatic rings. The molecule has 5 nitrogen and oxygen atoms in total. The van der Waals surface area contributed by atoms with E-state index in [0.717, 1.165) is 18.2 Å². The second kappa shape index (κ2) is 7.14. The zero-order chi connectivity index (χ0) is 14.4. The lowest BCUT2D eigenvalue weighted by atomic mass is 10.1. The fourth-order valence-corrected chi connectivity index (χ4v) is 2.19. The quantitative estimate of drug-likeness (QED) is 0.223. The summed E-state index contributed by atoms with van der Waals surface area (Å²) in [5.74, 6) is 1.84. The number of nitrogens with zero attached hydrogens (tertiary/aromatic N) is 1. The molecule has 1 aliphatic carbocycles. The molecule has 110 valence electrons. The van der Waals surface area contributed by atoms with Gasteiger partial charge >= 0.3 is 0 Å². The molecule has 0 aliphatic heterocycles. The van der Waals surface area contributed by atoms with Gasteiger partial charge in [0.25, 0.3) is 0 Å². The van der Waals surface area contributed by atoms with E-state index < -0.39 is 0 Å². The summed E-state index contributed by atoms with van der Waals surface area (Å²) in [6.45, 7) is 3.71. The topological polar surface area (TPSA) is 79.9 Å². The molecule has 1 aromatic rings. The molecule has 1 fully saturated rings. The van der Waals surface area contributed by atoms with Crippen molar-refractivity contribution in [3.8, 4) is 5.75 Å². The molecule has 1 unspecified atom stereocenters. The van der Waals surface area contributed by atoms with E-state index in [9.17, 15) is 0 Å². The Labute approximate surface area is 119 Å². The largest absolute Gasteiger partial charge is 0.492 e. The van der Waals surface area contributed by atoms with Crippen molar-refractivity contribution in [2.45, 2.75) is 32.2 Å². The number of ether oxygens (including phenoxy) is 1. The van der Waals surface area contributed by atoms with E-state index in [1.54, 1.807) is 12.1 Å². The maximum atomic E-state index is 8.57. The van der Waals surface area contributed by atoms with Crippen LogP contribution in [0, 0.1) is 5.92 Å². The van der Waals surface area contributed by atoms with Gasteiger partial charge in [0.2, 0.25) is 0 Å². The van der Waals surface area contributed by atoms with Crippen molar-refractivity contribution < 1.29 is 9.94 Å². The maximum absolute atomic E-state index is 8.57. The van der Waals surface area contributed by atoms with Gasteiger partial charge in [-0.2, -0.15) is 0 Å². The Morgan fingerprint density at radius 3 is 2.75 bits per heavy atom. The number of amidine groups is 1. The highest BCUT2D eigenvalue weighted by atomic mass is 16.5. The minimum atomic E-state index is 0.104. The molecule has 4 N–H and O–H groups in total. The van der Waals surface area contributed by atoms with E-state index in [0.29, 0.717) is 18.2 Å². The summed E-state index contributed by atoms with van der Waals surface area (Å²) < 4.78 is 5.64. The van der Waals surface area contributed by atoms with Crippen LogP contribution in [0.25, 0.3) is 0 Å². The molecule has 1 aromatic carbocycles. The molecule has 0 spiro atoms. The number of hydrogen-bond donors (Lipinski definition) is 3. The van der Waals surface area contributed by atoms with E-state index in [1.807, 2.05) is 12.1 Å². The van der Waals surface area contributed by atoms with Crippen molar-refractivity contribution in [2.75, 3.05) is 13.2 Å². The molecule has 20 heavy (non-hydrogen) atoms. The highest BCUT2D eigenvalue weighted by molar-refractivity contribution is 5.97. The Balaban J connectivity index is 1.65. The molecule has 5 heteroatoms. The van der Waals surface area contributed by atoms with Gasteiger partial charge in [-0.25, -0.2) is 0 Å². The summed E-state index contributed by atoms with van der Waals surface area (Å²) in [5.41, 5.74) is 6.17. The minimum absolute atomic E-state index is 0.104. The lowest BCUT2D eigenvalue weighted by Crippen LogP contribution is -2.30. The highest BCUT2D eigenvalue weighted by Gasteiger charge is 2.23. The van der Waals surface area contributed by atoms with E-state index >= 15 is 0 Å². The van der Waals surface area contributed by atoms with Crippen LogP contribution >= 0.6 is 0 Å². The summed E-state index contributed by atoms with van der Waals surface area (Å²) >= 11 is 0. The number of oxime groups is 1. The highest BCUT2D eigenvalue weighted by Crippen LogP contribution is 2.33. The molecule has 1 saturated carbocycles. The van der Waals surface area contributed by atoms with Crippen LogP contribution in [0.2, 0.25) is 0 Å². The first-order valence-electron chi connectivity index (χ1n) is 7.13. The van der Waals surface area contributed by atoms with Crippen LogP contribution in [0.3, 0.4) is 0 Å². The van der Waals surface area contributed by atoms with Crippen LogP contribution in [0.4, 0.5) is 0 Å². The van der Waals surface area contributed by atoms with Gasteiger partial charge in [-0.1, -0.05) is 18.0 Å². The first kappa shape index (κ1) is 14.7. The van der Waals surface area contributed by atoms with Crippen molar-refractivity contribution in [1.29, 1.82) is 0 Å². The average molecular weight is 277 g/mol. The van der Waals surface area contributed by atoms with Crippen LogP contribution in [0.15, 0.2) is 29.4 Å².